The Morgan fingerprint density at radius 3 is 2.04 bits per heavy atom. The number of rotatable bonds is 5. The first-order chi connectivity index (χ1) is 11.9. The van der Waals surface area contributed by atoms with Crippen molar-refractivity contribution in [2.24, 2.45) is 0 Å². The fraction of sp³-hybridized carbons (Fsp3) is 0. The highest BCUT2D eigenvalue weighted by Crippen LogP contribution is 2.45. The highest BCUT2D eigenvalue weighted by molar-refractivity contribution is 8.01. The van der Waals surface area contributed by atoms with Crippen LogP contribution in [-0.2, 0) is 0 Å². The molecule has 0 aliphatic heterocycles. The normalized spacial score (nSPS) is 10.7. The summed E-state index contributed by atoms with van der Waals surface area (Å²) in [4.78, 5) is 34.7. The van der Waals surface area contributed by atoms with Crippen molar-refractivity contribution in [2.75, 3.05) is 0 Å². The van der Waals surface area contributed by atoms with E-state index in [-0.39, 0.29) is 4.90 Å². The van der Waals surface area contributed by atoms with Crippen molar-refractivity contribution in [2.45, 2.75) is 9.24 Å². The Balaban J connectivity index is 2.17. The van der Waals surface area contributed by atoms with Gasteiger partial charge in [-0.05, 0) is 23.9 Å². The molecule has 0 saturated carbocycles. The molecule has 1 aromatic heterocycles. The number of hydrogen-bond acceptors (Lipinski definition) is 9. The van der Waals surface area contributed by atoms with Crippen LogP contribution in [0.2, 0.25) is 0 Å². The third kappa shape index (κ3) is 3.25. The maximum absolute atomic E-state index is 11.3. The lowest BCUT2D eigenvalue weighted by molar-refractivity contribution is -0.407. The lowest BCUT2D eigenvalue weighted by atomic mass is 10.2. The fourth-order valence-electron chi connectivity index (χ4n) is 2.05. The van der Waals surface area contributed by atoms with Gasteiger partial charge in [-0.3, -0.25) is 30.3 Å². The first kappa shape index (κ1) is 16.7. The fourth-order valence-corrected chi connectivity index (χ4v) is 4.23. The molecule has 12 heteroatoms. The van der Waals surface area contributed by atoms with Gasteiger partial charge in [0.1, 0.15) is 0 Å². The Hall–Kier alpha value is -3.12. The predicted octanol–water partition coefficient (Wildman–Crippen LogP) is 4.17. The maximum atomic E-state index is 11.3. The van der Waals surface area contributed by atoms with E-state index in [9.17, 15) is 30.3 Å². The lowest BCUT2D eigenvalue weighted by Crippen LogP contribution is -1.99. The van der Waals surface area contributed by atoms with Gasteiger partial charge in [-0.2, -0.15) is 0 Å². The van der Waals surface area contributed by atoms with Crippen molar-refractivity contribution >= 4 is 50.4 Å². The van der Waals surface area contributed by atoms with Crippen LogP contribution in [0.3, 0.4) is 0 Å². The molecule has 126 valence electrons. The van der Waals surface area contributed by atoms with Gasteiger partial charge < -0.3 is 0 Å². The summed E-state index contributed by atoms with van der Waals surface area (Å²) in [5.41, 5.74) is -1.47. The van der Waals surface area contributed by atoms with Crippen LogP contribution in [0.1, 0.15) is 0 Å². The van der Waals surface area contributed by atoms with E-state index in [2.05, 4.69) is 4.98 Å². The van der Waals surface area contributed by atoms with Gasteiger partial charge in [-0.15, -0.1) is 11.3 Å². The summed E-state index contributed by atoms with van der Waals surface area (Å²) in [6.45, 7) is 0. The van der Waals surface area contributed by atoms with Crippen LogP contribution >= 0.6 is 23.1 Å². The molecule has 3 aromatic rings. The van der Waals surface area contributed by atoms with Gasteiger partial charge in [0, 0.05) is 0 Å². The van der Waals surface area contributed by atoms with Crippen LogP contribution in [0.5, 0.6) is 0 Å². The first-order valence-electron chi connectivity index (χ1n) is 6.51. The summed E-state index contributed by atoms with van der Waals surface area (Å²) in [5, 5.41) is 33.4. The number of thiazole rings is 1. The smallest absolute Gasteiger partial charge is 0.258 e. The molecule has 10 nitrogen and oxygen atoms in total. The monoisotopic (exact) mass is 378 g/mol. The number of fused-ring (bicyclic) bond motifs is 1. The standard InChI is InChI=1S/C13H6N4O6S2/c18-15(19)7-5-9(16(20)21)12(10(6-7)17(22)23)25-13-14-8-3-1-2-4-11(8)24-13/h1-6H. The van der Waals surface area contributed by atoms with E-state index in [4.69, 9.17) is 0 Å². The van der Waals surface area contributed by atoms with Crippen molar-refractivity contribution < 1.29 is 14.8 Å². The second kappa shape index (κ2) is 6.41. The number of para-hydroxylation sites is 1. The number of aromatic nitrogens is 1. The number of nitro benzene ring substituents is 3. The Morgan fingerprint density at radius 1 is 0.920 bits per heavy atom. The Morgan fingerprint density at radius 2 is 1.52 bits per heavy atom. The van der Waals surface area contributed by atoms with Gasteiger partial charge in [0.05, 0.1) is 37.1 Å². The minimum Gasteiger partial charge on any atom is -0.258 e. The first-order valence-corrected chi connectivity index (χ1v) is 8.15. The molecule has 0 spiro atoms. The van der Waals surface area contributed by atoms with E-state index < -0.39 is 31.8 Å². The molecular weight excluding hydrogens is 372 g/mol. The van der Waals surface area contributed by atoms with Gasteiger partial charge in [0.15, 0.2) is 9.24 Å². The average Bonchev–Trinajstić information content (AvgIpc) is 2.96. The van der Waals surface area contributed by atoms with Crippen molar-refractivity contribution in [3.63, 3.8) is 0 Å². The van der Waals surface area contributed by atoms with Gasteiger partial charge in [0.25, 0.3) is 17.1 Å². The molecule has 0 atom stereocenters. The summed E-state index contributed by atoms with van der Waals surface area (Å²) in [5.74, 6) is 0. The topological polar surface area (TPSA) is 142 Å². The third-order valence-electron chi connectivity index (χ3n) is 3.10. The van der Waals surface area contributed by atoms with Gasteiger partial charge in [0.2, 0.25) is 0 Å². The Bertz CT molecular complexity index is 966. The second-order valence-electron chi connectivity index (χ2n) is 4.63. The van der Waals surface area contributed by atoms with Gasteiger partial charge in [-0.25, -0.2) is 4.98 Å². The second-order valence-corrected chi connectivity index (χ2v) is 6.92. The molecule has 0 amide bonds. The molecule has 2 aromatic carbocycles. The number of non-ortho nitro benzene ring substituents is 1. The molecule has 0 radical (unpaired) electrons. The van der Waals surface area contributed by atoms with Crippen LogP contribution in [0, 0.1) is 30.3 Å². The van der Waals surface area contributed by atoms with E-state index in [1.807, 2.05) is 0 Å². The van der Waals surface area contributed by atoms with Crippen LogP contribution < -0.4 is 0 Å². The molecule has 0 aliphatic rings. The van der Waals surface area contributed by atoms with E-state index in [0.29, 0.717) is 22.0 Å². The molecule has 25 heavy (non-hydrogen) atoms. The highest BCUT2D eigenvalue weighted by Gasteiger charge is 2.31. The van der Waals surface area contributed by atoms with E-state index >= 15 is 0 Å². The van der Waals surface area contributed by atoms with Crippen molar-refractivity contribution in [1.29, 1.82) is 0 Å². The van der Waals surface area contributed by atoms with E-state index in [1.54, 1.807) is 24.3 Å². The molecule has 0 aliphatic carbocycles. The molecule has 0 saturated heterocycles. The minimum absolute atomic E-state index is 0.292. The van der Waals surface area contributed by atoms with Gasteiger partial charge >= 0.3 is 0 Å². The molecule has 0 fully saturated rings. The van der Waals surface area contributed by atoms with Crippen LogP contribution in [0.15, 0.2) is 45.6 Å². The summed E-state index contributed by atoms with van der Waals surface area (Å²) in [6.07, 6.45) is 0. The highest BCUT2D eigenvalue weighted by atomic mass is 32.2. The SMILES string of the molecule is O=[N+]([O-])c1cc([N+](=O)[O-])c(Sc2nc3ccccc3s2)c([N+](=O)[O-])c1. The van der Waals surface area contributed by atoms with E-state index in [1.165, 1.54) is 11.3 Å². The summed E-state index contributed by atoms with van der Waals surface area (Å²) >= 11 is 1.96. The van der Waals surface area contributed by atoms with Gasteiger partial charge in [-0.1, -0.05) is 12.1 Å². The molecule has 1 heterocycles. The van der Waals surface area contributed by atoms with Crippen LogP contribution in [0.25, 0.3) is 10.2 Å². The Labute approximate surface area is 146 Å². The maximum Gasteiger partial charge on any atom is 0.297 e. The number of hydrogen-bond donors (Lipinski definition) is 0. The Kier molecular flexibility index (Phi) is 4.29. The lowest BCUT2D eigenvalue weighted by Gasteiger charge is -2.02. The summed E-state index contributed by atoms with van der Waals surface area (Å²) in [7, 11) is 0. The number of benzene rings is 2. The predicted molar refractivity (Wildman–Crippen MR) is 90.1 cm³/mol. The van der Waals surface area contributed by atoms with Crippen LogP contribution in [-0.4, -0.2) is 19.8 Å². The largest absolute Gasteiger partial charge is 0.297 e. The van der Waals surface area contributed by atoms with Crippen molar-refractivity contribution in [3.05, 3.63) is 66.7 Å². The molecule has 3 rings (SSSR count). The molecular formula is C13H6N4O6S2. The van der Waals surface area contributed by atoms with Crippen LogP contribution in [0.4, 0.5) is 17.1 Å². The third-order valence-corrected chi connectivity index (χ3v) is 5.32. The van der Waals surface area contributed by atoms with Crippen molar-refractivity contribution in [3.8, 4) is 0 Å². The zero-order chi connectivity index (χ0) is 18.1. The van der Waals surface area contributed by atoms with E-state index in [0.717, 1.165) is 16.5 Å². The molecule has 0 N–H and O–H groups in total. The number of nitrogens with zero attached hydrogens (tertiary/aromatic N) is 4. The summed E-state index contributed by atoms with van der Waals surface area (Å²) < 4.78 is 1.18. The number of nitro groups is 3. The molecule has 0 bridgehead atoms. The summed E-state index contributed by atoms with van der Waals surface area (Å²) in [6, 6.07) is 8.54. The van der Waals surface area contributed by atoms with Crippen molar-refractivity contribution in [1.82, 2.24) is 4.98 Å². The minimum atomic E-state index is -0.911. The quantitative estimate of drug-likeness (QED) is 0.475. The zero-order valence-electron chi connectivity index (χ0n) is 12.0. The zero-order valence-corrected chi connectivity index (χ0v) is 13.7. The average molecular weight is 378 g/mol. The molecule has 0 unspecified atom stereocenters.